The normalized spacial score (nSPS) is 10.6. The molecule has 0 aliphatic rings. The number of nitrogens with zero attached hydrogens (tertiary/aromatic N) is 1. The number of benzene rings is 2. The standard InChI is InChI=1S/C18H18N2O3S/c1-22-13-9-12(10-14(11-13)23-2)18(21)19-8-7-17-20-15-5-3-4-6-16(15)24-17/h3-6,9-11H,7-8H2,1-2H3,(H,19,21). The third-order valence-electron chi connectivity index (χ3n) is 3.58. The summed E-state index contributed by atoms with van der Waals surface area (Å²) in [7, 11) is 3.12. The van der Waals surface area contributed by atoms with E-state index in [9.17, 15) is 4.79 Å². The van der Waals surface area contributed by atoms with E-state index in [0.717, 1.165) is 15.2 Å². The molecule has 2 aromatic carbocycles. The van der Waals surface area contributed by atoms with Crippen LogP contribution in [0.15, 0.2) is 42.5 Å². The van der Waals surface area contributed by atoms with Gasteiger partial charge in [0.2, 0.25) is 0 Å². The fourth-order valence-corrected chi connectivity index (χ4v) is 3.32. The van der Waals surface area contributed by atoms with Crippen LogP contribution in [0.5, 0.6) is 11.5 Å². The molecule has 0 fully saturated rings. The zero-order valence-electron chi connectivity index (χ0n) is 13.5. The SMILES string of the molecule is COc1cc(OC)cc(C(=O)NCCc2nc3ccccc3s2)c1. The number of carbonyl (C=O) groups excluding carboxylic acids is 1. The van der Waals surface area contributed by atoms with E-state index in [0.29, 0.717) is 30.0 Å². The highest BCUT2D eigenvalue weighted by molar-refractivity contribution is 7.18. The van der Waals surface area contributed by atoms with E-state index in [1.807, 2.05) is 18.2 Å². The van der Waals surface area contributed by atoms with E-state index in [4.69, 9.17) is 9.47 Å². The number of carbonyl (C=O) groups is 1. The number of hydrogen-bond donors (Lipinski definition) is 1. The minimum atomic E-state index is -0.159. The molecule has 3 aromatic rings. The molecule has 1 heterocycles. The Hall–Kier alpha value is -2.60. The summed E-state index contributed by atoms with van der Waals surface area (Å²) in [4.78, 5) is 16.9. The molecule has 24 heavy (non-hydrogen) atoms. The van der Waals surface area contributed by atoms with Gasteiger partial charge >= 0.3 is 0 Å². The largest absolute Gasteiger partial charge is 0.497 e. The number of aromatic nitrogens is 1. The van der Waals surface area contributed by atoms with Crippen molar-refractivity contribution in [3.05, 3.63) is 53.0 Å². The molecule has 5 nitrogen and oxygen atoms in total. The fraction of sp³-hybridized carbons (Fsp3) is 0.222. The highest BCUT2D eigenvalue weighted by Gasteiger charge is 2.10. The Morgan fingerprint density at radius 2 is 1.83 bits per heavy atom. The summed E-state index contributed by atoms with van der Waals surface area (Å²) < 4.78 is 11.5. The van der Waals surface area contributed by atoms with Crippen LogP contribution in [0.2, 0.25) is 0 Å². The maximum absolute atomic E-state index is 12.3. The monoisotopic (exact) mass is 342 g/mol. The smallest absolute Gasteiger partial charge is 0.251 e. The average Bonchev–Trinajstić information content (AvgIpc) is 3.03. The number of hydrogen-bond acceptors (Lipinski definition) is 5. The van der Waals surface area contributed by atoms with Crippen molar-refractivity contribution in [3.8, 4) is 11.5 Å². The van der Waals surface area contributed by atoms with Gasteiger partial charge in [-0.1, -0.05) is 12.1 Å². The van der Waals surface area contributed by atoms with Gasteiger partial charge in [-0.2, -0.15) is 0 Å². The van der Waals surface area contributed by atoms with Gasteiger partial charge in [-0.3, -0.25) is 4.79 Å². The molecule has 6 heteroatoms. The van der Waals surface area contributed by atoms with Gasteiger partial charge in [0.1, 0.15) is 11.5 Å². The minimum absolute atomic E-state index is 0.159. The summed E-state index contributed by atoms with van der Waals surface area (Å²) in [6, 6.07) is 13.1. The van der Waals surface area contributed by atoms with Crippen molar-refractivity contribution < 1.29 is 14.3 Å². The predicted octanol–water partition coefficient (Wildman–Crippen LogP) is 3.29. The van der Waals surface area contributed by atoms with Gasteiger partial charge < -0.3 is 14.8 Å². The molecule has 124 valence electrons. The molecule has 0 bridgehead atoms. The molecular weight excluding hydrogens is 324 g/mol. The molecule has 3 rings (SSSR count). The molecule has 0 aliphatic carbocycles. The summed E-state index contributed by atoms with van der Waals surface area (Å²) in [6.07, 6.45) is 0.701. The molecule has 1 amide bonds. The second kappa shape index (κ2) is 7.31. The minimum Gasteiger partial charge on any atom is -0.497 e. The Labute approximate surface area is 144 Å². The molecule has 0 unspecified atom stereocenters. The summed E-state index contributed by atoms with van der Waals surface area (Å²) in [6.45, 7) is 0.526. The number of amides is 1. The van der Waals surface area contributed by atoms with Gasteiger partial charge in [0.25, 0.3) is 5.91 Å². The van der Waals surface area contributed by atoms with Gasteiger partial charge in [-0.15, -0.1) is 11.3 Å². The van der Waals surface area contributed by atoms with Crippen LogP contribution in [0.4, 0.5) is 0 Å². The maximum atomic E-state index is 12.3. The third-order valence-corrected chi connectivity index (χ3v) is 4.67. The van der Waals surface area contributed by atoms with Gasteiger partial charge in [0, 0.05) is 24.6 Å². The van der Waals surface area contributed by atoms with Crippen molar-refractivity contribution in [2.24, 2.45) is 0 Å². The molecule has 0 aliphatic heterocycles. The Kier molecular flexibility index (Phi) is 4.96. The van der Waals surface area contributed by atoms with Crippen molar-refractivity contribution in [2.75, 3.05) is 20.8 Å². The summed E-state index contributed by atoms with van der Waals surface area (Å²) in [5.41, 5.74) is 1.51. The number of ether oxygens (including phenoxy) is 2. The summed E-state index contributed by atoms with van der Waals surface area (Å²) in [5.74, 6) is 1.02. The van der Waals surface area contributed by atoms with Crippen LogP contribution in [-0.4, -0.2) is 31.7 Å². The van der Waals surface area contributed by atoms with Crippen LogP contribution in [0, 0.1) is 0 Å². The molecule has 0 spiro atoms. The zero-order valence-corrected chi connectivity index (χ0v) is 14.4. The Morgan fingerprint density at radius 1 is 1.12 bits per heavy atom. The van der Waals surface area contributed by atoms with Crippen molar-refractivity contribution in [1.82, 2.24) is 10.3 Å². The number of nitrogens with one attached hydrogen (secondary N) is 1. The number of para-hydroxylation sites is 1. The van der Waals surface area contributed by atoms with Crippen LogP contribution in [-0.2, 0) is 6.42 Å². The van der Waals surface area contributed by atoms with Gasteiger partial charge in [0.05, 0.1) is 29.4 Å². The molecule has 1 N–H and O–H groups in total. The average molecular weight is 342 g/mol. The number of methoxy groups -OCH3 is 2. The third kappa shape index (κ3) is 3.65. The van der Waals surface area contributed by atoms with Gasteiger partial charge in [-0.05, 0) is 24.3 Å². The summed E-state index contributed by atoms with van der Waals surface area (Å²) >= 11 is 1.65. The predicted molar refractivity (Wildman–Crippen MR) is 95.2 cm³/mol. The van der Waals surface area contributed by atoms with E-state index < -0.39 is 0 Å². The van der Waals surface area contributed by atoms with E-state index in [1.165, 1.54) is 0 Å². The van der Waals surface area contributed by atoms with E-state index in [1.54, 1.807) is 43.8 Å². The van der Waals surface area contributed by atoms with Crippen LogP contribution >= 0.6 is 11.3 Å². The highest BCUT2D eigenvalue weighted by Crippen LogP contribution is 2.23. The van der Waals surface area contributed by atoms with Crippen molar-refractivity contribution in [3.63, 3.8) is 0 Å². The van der Waals surface area contributed by atoms with E-state index in [-0.39, 0.29) is 5.91 Å². The first kappa shape index (κ1) is 16.3. The van der Waals surface area contributed by atoms with Gasteiger partial charge in [-0.25, -0.2) is 4.98 Å². The molecule has 0 radical (unpaired) electrons. The first-order chi connectivity index (χ1) is 11.7. The number of thiazole rings is 1. The van der Waals surface area contributed by atoms with E-state index >= 15 is 0 Å². The number of fused-ring (bicyclic) bond motifs is 1. The highest BCUT2D eigenvalue weighted by atomic mass is 32.1. The lowest BCUT2D eigenvalue weighted by atomic mass is 10.2. The van der Waals surface area contributed by atoms with Crippen LogP contribution in [0.25, 0.3) is 10.2 Å². The molecule has 1 aromatic heterocycles. The van der Waals surface area contributed by atoms with Crippen LogP contribution in [0.3, 0.4) is 0 Å². The van der Waals surface area contributed by atoms with Crippen LogP contribution < -0.4 is 14.8 Å². The molecule has 0 saturated heterocycles. The van der Waals surface area contributed by atoms with Crippen molar-refractivity contribution >= 4 is 27.5 Å². The Morgan fingerprint density at radius 3 is 2.50 bits per heavy atom. The van der Waals surface area contributed by atoms with Crippen LogP contribution in [0.1, 0.15) is 15.4 Å². The Balaban J connectivity index is 1.63. The Bertz CT molecular complexity index is 805. The quantitative estimate of drug-likeness (QED) is 0.747. The maximum Gasteiger partial charge on any atom is 0.251 e. The van der Waals surface area contributed by atoms with Crippen molar-refractivity contribution in [1.29, 1.82) is 0 Å². The number of rotatable bonds is 6. The molecule has 0 saturated carbocycles. The van der Waals surface area contributed by atoms with E-state index in [2.05, 4.69) is 16.4 Å². The second-order valence-corrected chi connectivity index (χ2v) is 6.30. The summed E-state index contributed by atoms with van der Waals surface area (Å²) in [5, 5.41) is 3.92. The molecule has 0 atom stereocenters. The van der Waals surface area contributed by atoms with Crippen molar-refractivity contribution in [2.45, 2.75) is 6.42 Å². The first-order valence-corrected chi connectivity index (χ1v) is 8.37. The molecular formula is C18H18N2O3S. The lowest BCUT2D eigenvalue weighted by Crippen LogP contribution is -2.25. The topological polar surface area (TPSA) is 60.5 Å². The first-order valence-electron chi connectivity index (χ1n) is 7.55. The lowest BCUT2D eigenvalue weighted by Gasteiger charge is -2.08. The fourth-order valence-electron chi connectivity index (χ4n) is 2.35. The lowest BCUT2D eigenvalue weighted by molar-refractivity contribution is 0.0953. The van der Waals surface area contributed by atoms with Gasteiger partial charge in [0.15, 0.2) is 0 Å². The second-order valence-electron chi connectivity index (χ2n) is 5.18. The zero-order chi connectivity index (χ0) is 16.9.